The summed E-state index contributed by atoms with van der Waals surface area (Å²) < 4.78 is 10.5. The molecule has 0 saturated carbocycles. The molecule has 0 unspecified atom stereocenters. The third-order valence-electron chi connectivity index (χ3n) is 3.32. The lowest BCUT2D eigenvalue weighted by molar-refractivity contribution is -0.163. The summed E-state index contributed by atoms with van der Waals surface area (Å²) in [5.74, 6) is -0.716. The van der Waals surface area contributed by atoms with E-state index in [9.17, 15) is 14.4 Å². The molecule has 0 spiro atoms. The van der Waals surface area contributed by atoms with Crippen LogP contribution in [0.25, 0.3) is 0 Å². The maximum Gasteiger partial charge on any atom is 0.408 e. The van der Waals surface area contributed by atoms with Crippen LogP contribution in [0.2, 0.25) is 0 Å². The second-order valence-electron chi connectivity index (χ2n) is 8.09. The summed E-state index contributed by atoms with van der Waals surface area (Å²) in [7, 11) is 0. The van der Waals surface area contributed by atoms with Gasteiger partial charge in [0.05, 0.1) is 0 Å². The highest BCUT2D eigenvalue weighted by atomic mass is 16.6. The highest BCUT2D eigenvalue weighted by Crippen LogP contribution is 2.22. The van der Waals surface area contributed by atoms with E-state index in [0.717, 1.165) is 6.42 Å². The molecule has 7 heteroatoms. The average molecular weight is 342 g/mol. The minimum absolute atomic E-state index is 0.311. The summed E-state index contributed by atoms with van der Waals surface area (Å²) in [4.78, 5) is 38.1. The van der Waals surface area contributed by atoms with Gasteiger partial charge < -0.3 is 19.7 Å². The fraction of sp³-hybridized carbons (Fsp3) is 0.824. The van der Waals surface area contributed by atoms with Gasteiger partial charge in [-0.1, -0.05) is 0 Å². The van der Waals surface area contributed by atoms with Crippen LogP contribution < -0.4 is 5.32 Å². The van der Waals surface area contributed by atoms with Crippen molar-refractivity contribution < 1.29 is 23.9 Å². The van der Waals surface area contributed by atoms with Crippen molar-refractivity contribution in [2.24, 2.45) is 0 Å². The number of rotatable bonds is 3. The zero-order valence-electron chi connectivity index (χ0n) is 15.8. The third-order valence-corrected chi connectivity index (χ3v) is 3.32. The van der Waals surface area contributed by atoms with Gasteiger partial charge in [-0.05, 0) is 61.3 Å². The number of carbonyl (C=O) groups excluding carboxylic acids is 3. The van der Waals surface area contributed by atoms with Crippen LogP contribution in [0.3, 0.4) is 0 Å². The van der Waals surface area contributed by atoms with Crippen LogP contribution in [0.15, 0.2) is 0 Å². The Bertz CT molecular complexity index is 490. The Kier molecular flexibility index (Phi) is 6.25. The first-order valence-electron chi connectivity index (χ1n) is 8.33. The molecule has 1 N–H and O–H groups in total. The molecule has 2 amide bonds. The predicted molar refractivity (Wildman–Crippen MR) is 89.4 cm³/mol. The quantitative estimate of drug-likeness (QED) is 0.795. The van der Waals surface area contributed by atoms with Crippen LogP contribution >= 0.6 is 0 Å². The van der Waals surface area contributed by atoms with Gasteiger partial charge in [0.15, 0.2) is 0 Å². The molecule has 7 nitrogen and oxygen atoms in total. The minimum atomic E-state index is -0.775. The molecule has 1 heterocycles. The molecular formula is C17H30N2O5. The first-order valence-corrected chi connectivity index (χ1v) is 8.33. The van der Waals surface area contributed by atoms with Crippen LogP contribution in [-0.2, 0) is 19.1 Å². The van der Waals surface area contributed by atoms with Gasteiger partial charge in [-0.25, -0.2) is 9.59 Å². The van der Waals surface area contributed by atoms with Crippen molar-refractivity contribution >= 4 is 18.0 Å². The van der Waals surface area contributed by atoms with Crippen molar-refractivity contribution in [3.63, 3.8) is 0 Å². The number of nitrogens with zero attached hydrogens (tertiary/aromatic N) is 1. The number of amides is 2. The fourth-order valence-corrected chi connectivity index (χ4v) is 2.44. The second-order valence-corrected chi connectivity index (χ2v) is 8.09. The van der Waals surface area contributed by atoms with Crippen molar-refractivity contribution in [3.05, 3.63) is 0 Å². The Hall–Kier alpha value is -1.79. The molecule has 24 heavy (non-hydrogen) atoms. The van der Waals surface area contributed by atoms with E-state index in [1.54, 1.807) is 48.5 Å². The lowest BCUT2D eigenvalue weighted by atomic mass is 10.1. The maximum absolute atomic E-state index is 12.6. The minimum Gasteiger partial charge on any atom is -0.458 e. The zero-order chi connectivity index (χ0) is 18.7. The van der Waals surface area contributed by atoms with Gasteiger partial charge in [0.2, 0.25) is 5.91 Å². The molecular weight excluding hydrogens is 312 g/mol. The first-order chi connectivity index (χ1) is 10.8. The van der Waals surface area contributed by atoms with Crippen LogP contribution in [0.5, 0.6) is 0 Å². The normalized spacial score (nSPS) is 19.6. The standard InChI is InChI=1S/C17H30N2O5/c1-11(18-15(22)24-17(5,6)7)13(20)19-10-8-9-12(19)14(21)23-16(2,3)4/h11-12H,8-10H2,1-7H3,(H,18,22)/t11-,12-/m0/s1. The molecule has 138 valence electrons. The molecule has 1 saturated heterocycles. The number of ether oxygens (including phenoxy) is 2. The molecule has 2 atom stereocenters. The highest BCUT2D eigenvalue weighted by Gasteiger charge is 2.38. The molecule has 0 bridgehead atoms. The van der Waals surface area contributed by atoms with Crippen molar-refractivity contribution in [2.45, 2.75) is 84.6 Å². The van der Waals surface area contributed by atoms with Crippen LogP contribution in [0.1, 0.15) is 61.3 Å². The van der Waals surface area contributed by atoms with E-state index in [1.165, 1.54) is 4.90 Å². The van der Waals surface area contributed by atoms with E-state index in [-0.39, 0.29) is 5.91 Å². The van der Waals surface area contributed by atoms with Crippen molar-refractivity contribution in [1.29, 1.82) is 0 Å². The van der Waals surface area contributed by atoms with Crippen molar-refractivity contribution in [3.8, 4) is 0 Å². The van der Waals surface area contributed by atoms with Gasteiger partial charge in [0.1, 0.15) is 23.3 Å². The Morgan fingerprint density at radius 3 is 2.08 bits per heavy atom. The Morgan fingerprint density at radius 2 is 1.58 bits per heavy atom. The topological polar surface area (TPSA) is 84.9 Å². The van der Waals surface area contributed by atoms with E-state index in [2.05, 4.69) is 5.32 Å². The molecule has 1 fully saturated rings. The predicted octanol–water partition coefficient (Wildman–Crippen LogP) is 2.23. The monoisotopic (exact) mass is 342 g/mol. The summed E-state index contributed by atoms with van der Waals surface area (Å²) in [6, 6.07) is -1.37. The number of hydrogen-bond donors (Lipinski definition) is 1. The number of hydrogen-bond acceptors (Lipinski definition) is 5. The van der Waals surface area contributed by atoms with Crippen molar-refractivity contribution in [2.75, 3.05) is 6.54 Å². The average Bonchev–Trinajstić information content (AvgIpc) is 2.82. The number of carbonyl (C=O) groups is 3. The van der Waals surface area contributed by atoms with Crippen LogP contribution in [-0.4, -0.2) is 52.7 Å². The lowest BCUT2D eigenvalue weighted by Gasteiger charge is -2.29. The van der Waals surface area contributed by atoms with Crippen LogP contribution in [0.4, 0.5) is 4.79 Å². The number of esters is 1. The Morgan fingerprint density at radius 1 is 1.04 bits per heavy atom. The van der Waals surface area contributed by atoms with Gasteiger partial charge in [0.25, 0.3) is 0 Å². The Balaban J connectivity index is 2.68. The number of nitrogens with one attached hydrogen (secondary N) is 1. The Labute approximate surface area is 144 Å². The third kappa shape index (κ3) is 6.37. The molecule has 1 aliphatic heterocycles. The highest BCUT2D eigenvalue weighted by molar-refractivity contribution is 5.90. The molecule has 0 radical (unpaired) electrons. The molecule has 1 aliphatic rings. The van der Waals surface area contributed by atoms with E-state index in [0.29, 0.717) is 13.0 Å². The van der Waals surface area contributed by atoms with Gasteiger partial charge in [-0.15, -0.1) is 0 Å². The number of likely N-dealkylation sites (tertiary alicyclic amines) is 1. The molecule has 0 aromatic carbocycles. The van der Waals surface area contributed by atoms with E-state index >= 15 is 0 Å². The van der Waals surface area contributed by atoms with Gasteiger partial charge in [0, 0.05) is 6.54 Å². The summed E-state index contributed by atoms with van der Waals surface area (Å²) >= 11 is 0. The molecule has 0 aromatic heterocycles. The van der Waals surface area contributed by atoms with E-state index < -0.39 is 35.3 Å². The van der Waals surface area contributed by atoms with E-state index in [1.807, 2.05) is 0 Å². The SMILES string of the molecule is C[C@H](NC(=O)OC(C)(C)C)C(=O)N1CCC[C@H]1C(=O)OC(C)(C)C. The number of alkyl carbamates (subject to hydrolysis) is 1. The molecule has 1 rings (SSSR count). The van der Waals surface area contributed by atoms with Gasteiger partial charge in [-0.2, -0.15) is 0 Å². The summed E-state index contributed by atoms with van der Waals surface area (Å²) in [6.45, 7) is 12.7. The van der Waals surface area contributed by atoms with Crippen LogP contribution in [0, 0.1) is 0 Å². The smallest absolute Gasteiger partial charge is 0.408 e. The maximum atomic E-state index is 12.6. The van der Waals surface area contributed by atoms with Crippen molar-refractivity contribution in [1.82, 2.24) is 10.2 Å². The second kappa shape index (κ2) is 7.40. The summed E-state index contributed by atoms with van der Waals surface area (Å²) in [6.07, 6.45) is 0.644. The zero-order valence-corrected chi connectivity index (χ0v) is 15.8. The van der Waals surface area contributed by atoms with Gasteiger partial charge in [-0.3, -0.25) is 4.79 Å². The molecule has 0 aromatic rings. The largest absolute Gasteiger partial charge is 0.458 e. The first kappa shape index (κ1) is 20.3. The molecule has 0 aliphatic carbocycles. The van der Waals surface area contributed by atoms with Gasteiger partial charge >= 0.3 is 12.1 Å². The lowest BCUT2D eigenvalue weighted by Crippen LogP contribution is -2.52. The summed E-state index contributed by atoms with van der Waals surface area (Å²) in [5, 5.41) is 2.52. The van der Waals surface area contributed by atoms with E-state index in [4.69, 9.17) is 9.47 Å². The summed E-state index contributed by atoms with van der Waals surface area (Å²) in [5.41, 5.74) is -1.24. The fourth-order valence-electron chi connectivity index (χ4n) is 2.44.